The first-order valence-corrected chi connectivity index (χ1v) is 6.07. The van der Waals surface area contributed by atoms with Gasteiger partial charge >= 0.3 is 5.97 Å². The standard InChI is InChI=1S/C12H17N3O3/c1-3-9-6-10(16)14(2)12(13-9)15-5-4-8(7-15)11(17)18/h6,8H,3-5,7H2,1-2H3,(H,17,18)/t8-/m0/s1. The lowest BCUT2D eigenvalue weighted by Crippen LogP contribution is -2.31. The van der Waals surface area contributed by atoms with Crippen LogP contribution >= 0.6 is 0 Å². The number of aryl methyl sites for hydroxylation is 1. The Hall–Kier alpha value is -1.85. The van der Waals surface area contributed by atoms with Crippen LogP contribution in [0.1, 0.15) is 19.0 Å². The first kappa shape index (κ1) is 12.6. The highest BCUT2D eigenvalue weighted by molar-refractivity contribution is 5.71. The van der Waals surface area contributed by atoms with Gasteiger partial charge in [-0.05, 0) is 12.8 Å². The zero-order valence-corrected chi connectivity index (χ0v) is 10.6. The molecule has 1 aromatic heterocycles. The number of carbonyl (C=O) groups is 1. The van der Waals surface area contributed by atoms with E-state index in [9.17, 15) is 9.59 Å². The predicted molar refractivity (Wildman–Crippen MR) is 66.8 cm³/mol. The molecular formula is C12H17N3O3. The molecule has 18 heavy (non-hydrogen) atoms. The first-order valence-electron chi connectivity index (χ1n) is 6.07. The topological polar surface area (TPSA) is 75.4 Å². The third-order valence-corrected chi connectivity index (χ3v) is 3.35. The molecule has 2 rings (SSSR count). The molecule has 1 saturated heterocycles. The molecule has 1 atom stereocenters. The summed E-state index contributed by atoms with van der Waals surface area (Å²) in [6.45, 7) is 2.99. The predicted octanol–water partition coefficient (Wildman–Crippen LogP) is 0.254. The van der Waals surface area contributed by atoms with Crippen molar-refractivity contribution in [2.75, 3.05) is 18.0 Å². The van der Waals surface area contributed by atoms with Crippen LogP contribution < -0.4 is 10.5 Å². The molecule has 0 bridgehead atoms. The van der Waals surface area contributed by atoms with Gasteiger partial charge in [-0.3, -0.25) is 14.2 Å². The van der Waals surface area contributed by atoms with E-state index in [4.69, 9.17) is 5.11 Å². The first-order chi connectivity index (χ1) is 8.52. The molecule has 1 aromatic rings. The lowest BCUT2D eigenvalue weighted by Gasteiger charge is -2.20. The maximum absolute atomic E-state index is 11.8. The van der Waals surface area contributed by atoms with Gasteiger partial charge in [0.05, 0.1) is 5.92 Å². The van der Waals surface area contributed by atoms with E-state index in [1.165, 1.54) is 10.6 Å². The van der Waals surface area contributed by atoms with E-state index >= 15 is 0 Å². The van der Waals surface area contributed by atoms with Crippen molar-refractivity contribution in [3.05, 3.63) is 22.1 Å². The van der Waals surface area contributed by atoms with Gasteiger partial charge in [0.2, 0.25) is 5.95 Å². The number of carboxylic acid groups (broad SMARTS) is 1. The smallest absolute Gasteiger partial charge is 0.308 e. The second-order valence-electron chi connectivity index (χ2n) is 4.57. The van der Waals surface area contributed by atoms with Crippen molar-refractivity contribution in [1.29, 1.82) is 0 Å². The van der Waals surface area contributed by atoms with Crippen LogP contribution in [-0.4, -0.2) is 33.7 Å². The Morgan fingerprint density at radius 1 is 1.61 bits per heavy atom. The van der Waals surface area contributed by atoms with Crippen molar-refractivity contribution in [3.8, 4) is 0 Å². The van der Waals surface area contributed by atoms with Crippen LogP contribution in [0.4, 0.5) is 5.95 Å². The summed E-state index contributed by atoms with van der Waals surface area (Å²) < 4.78 is 1.48. The summed E-state index contributed by atoms with van der Waals surface area (Å²) in [5.74, 6) is -0.579. The van der Waals surface area contributed by atoms with Crippen LogP contribution in [0.2, 0.25) is 0 Å². The van der Waals surface area contributed by atoms with Gasteiger partial charge in [0.25, 0.3) is 5.56 Å². The van der Waals surface area contributed by atoms with Crippen LogP contribution in [0.25, 0.3) is 0 Å². The Kier molecular flexibility index (Phi) is 3.36. The summed E-state index contributed by atoms with van der Waals surface area (Å²) in [6.07, 6.45) is 1.29. The molecule has 0 radical (unpaired) electrons. The number of carboxylic acids is 1. The van der Waals surface area contributed by atoms with Gasteiger partial charge in [-0.2, -0.15) is 0 Å². The lowest BCUT2D eigenvalue weighted by molar-refractivity contribution is -0.140. The minimum Gasteiger partial charge on any atom is -0.481 e. The normalized spacial score (nSPS) is 19.2. The lowest BCUT2D eigenvalue weighted by atomic mass is 10.1. The number of anilines is 1. The number of nitrogens with zero attached hydrogens (tertiary/aromatic N) is 3. The molecule has 1 aliphatic rings. The number of rotatable bonds is 3. The fraction of sp³-hybridized carbons (Fsp3) is 0.583. The van der Waals surface area contributed by atoms with Crippen molar-refractivity contribution >= 4 is 11.9 Å². The summed E-state index contributed by atoms with van der Waals surface area (Å²) in [4.78, 5) is 29.0. The van der Waals surface area contributed by atoms with Crippen molar-refractivity contribution < 1.29 is 9.90 Å². The quantitative estimate of drug-likeness (QED) is 0.833. The summed E-state index contributed by atoms with van der Waals surface area (Å²) in [5.41, 5.74) is 0.641. The van der Waals surface area contributed by atoms with Crippen molar-refractivity contribution in [2.24, 2.45) is 13.0 Å². The Morgan fingerprint density at radius 3 is 2.89 bits per heavy atom. The van der Waals surface area contributed by atoms with Crippen LogP contribution in [-0.2, 0) is 18.3 Å². The zero-order valence-electron chi connectivity index (χ0n) is 10.6. The summed E-state index contributed by atoms with van der Waals surface area (Å²) in [7, 11) is 1.66. The SMILES string of the molecule is CCc1cc(=O)n(C)c(N2CC[C@H](C(=O)O)C2)n1. The van der Waals surface area contributed by atoms with E-state index in [-0.39, 0.29) is 11.5 Å². The van der Waals surface area contributed by atoms with Gasteiger partial charge in [-0.1, -0.05) is 6.92 Å². The summed E-state index contributed by atoms with van der Waals surface area (Å²) >= 11 is 0. The molecule has 0 aromatic carbocycles. The summed E-state index contributed by atoms with van der Waals surface area (Å²) in [6, 6.07) is 1.52. The second-order valence-corrected chi connectivity index (χ2v) is 4.57. The maximum Gasteiger partial charge on any atom is 0.308 e. The van der Waals surface area contributed by atoms with Crippen LogP contribution in [0, 0.1) is 5.92 Å². The van der Waals surface area contributed by atoms with E-state index in [0.29, 0.717) is 31.9 Å². The van der Waals surface area contributed by atoms with Crippen LogP contribution in [0.3, 0.4) is 0 Å². The average Bonchev–Trinajstić information content (AvgIpc) is 2.82. The molecule has 0 unspecified atom stereocenters. The minimum atomic E-state index is -0.783. The molecule has 1 fully saturated rings. The summed E-state index contributed by atoms with van der Waals surface area (Å²) in [5, 5.41) is 8.99. The number of aliphatic carboxylic acids is 1. The van der Waals surface area contributed by atoms with Gasteiger partial charge in [0.15, 0.2) is 0 Å². The van der Waals surface area contributed by atoms with E-state index in [1.54, 1.807) is 7.05 Å². The minimum absolute atomic E-state index is 0.101. The van der Waals surface area contributed by atoms with Crippen molar-refractivity contribution in [3.63, 3.8) is 0 Å². The highest BCUT2D eigenvalue weighted by atomic mass is 16.4. The Balaban J connectivity index is 2.32. The Labute approximate surface area is 105 Å². The van der Waals surface area contributed by atoms with Crippen molar-refractivity contribution in [2.45, 2.75) is 19.8 Å². The number of aromatic nitrogens is 2. The Bertz CT molecular complexity index is 524. The molecule has 6 heteroatoms. The maximum atomic E-state index is 11.8. The third kappa shape index (κ3) is 2.23. The molecule has 0 spiro atoms. The molecule has 1 aliphatic heterocycles. The second kappa shape index (κ2) is 4.80. The van der Waals surface area contributed by atoms with Gasteiger partial charge in [0.1, 0.15) is 0 Å². The fourth-order valence-corrected chi connectivity index (χ4v) is 2.18. The van der Waals surface area contributed by atoms with E-state index in [1.807, 2.05) is 11.8 Å². The van der Waals surface area contributed by atoms with E-state index < -0.39 is 5.97 Å². The average molecular weight is 251 g/mol. The Morgan fingerprint density at radius 2 is 2.33 bits per heavy atom. The van der Waals surface area contributed by atoms with E-state index in [0.717, 1.165) is 5.69 Å². The molecule has 6 nitrogen and oxygen atoms in total. The zero-order chi connectivity index (χ0) is 13.3. The van der Waals surface area contributed by atoms with Gasteiger partial charge < -0.3 is 10.0 Å². The molecule has 0 amide bonds. The molecule has 0 saturated carbocycles. The molecular weight excluding hydrogens is 234 g/mol. The monoisotopic (exact) mass is 251 g/mol. The molecule has 98 valence electrons. The van der Waals surface area contributed by atoms with E-state index in [2.05, 4.69) is 4.98 Å². The highest BCUT2D eigenvalue weighted by Gasteiger charge is 2.30. The molecule has 1 N–H and O–H groups in total. The largest absolute Gasteiger partial charge is 0.481 e. The van der Waals surface area contributed by atoms with Crippen molar-refractivity contribution in [1.82, 2.24) is 9.55 Å². The molecule has 2 heterocycles. The van der Waals surface area contributed by atoms with Gasteiger partial charge in [-0.25, -0.2) is 4.98 Å². The fourth-order valence-electron chi connectivity index (χ4n) is 2.18. The number of hydrogen-bond acceptors (Lipinski definition) is 4. The third-order valence-electron chi connectivity index (χ3n) is 3.35. The number of hydrogen-bond donors (Lipinski definition) is 1. The molecule has 0 aliphatic carbocycles. The van der Waals surface area contributed by atoms with Gasteiger partial charge in [-0.15, -0.1) is 0 Å². The van der Waals surface area contributed by atoms with Gasteiger partial charge in [0, 0.05) is 31.9 Å². The highest BCUT2D eigenvalue weighted by Crippen LogP contribution is 2.21. The van der Waals surface area contributed by atoms with Crippen LogP contribution in [0.15, 0.2) is 10.9 Å². The van der Waals surface area contributed by atoms with Crippen LogP contribution in [0.5, 0.6) is 0 Å².